The van der Waals surface area contributed by atoms with E-state index in [-0.39, 0.29) is 18.0 Å². The lowest BCUT2D eigenvalue weighted by molar-refractivity contribution is 0.0384. The second-order valence-corrected chi connectivity index (χ2v) is 7.01. The number of nitrogens with one attached hydrogen (secondary N) is 1. The molecule has 0 aliphatic rings. The average Bonchev–Trinajstić information content (AvgIpc) is 2.66. The first kappa shape index (κ1) is 19.8. The van der Waals surface area contributed by atoms with E-state index < -0.39 is 16.9 Å². The molecule has 1 unspecified atom stereocenters. The van der Waals surface area contributed by atoms with Crippen molar-refractivity contribution in [2.45, 2.75) is 39.7 Å². The molecule has 0 fully saturated rings. The largest absolute Gasteiger partial charge is 0.379 e. The summed E-state index contributed by atoms with van der Waals surface area (Å²) in [4.78, 5) is 27.1. The van der Waals surface area contributed by atoms with Crippen LogP contribution in [0.15, 0.2) is 64.2 Å². The highest BCUT2D eigenvalue weighted by Gasteiger charge is 2.33. The molecule has 3 aromatic rings. The van der Waals surface area contributed by atoms with Crippen molar-refractivity contribution >= 4 is 0 Å². The number of hydrogen-bond donors (Lipinski definition) is 2. The quantitative estimate of drug-likeness (QED) is 0.688. The Balaban J connectivity index is 2.04. The second kappa shape index (κ2) is 7.96. The molecule has 0 spiro atoms. The molecular weight excluding hydrogens is 356 g/mol. The van der Waals surface area contributed by atoms with Crippen molar-refractivity contribution in [1.82, 2.24) is 9.55 Å². The number of aliphatic hydroxyl groups is 1. The highest BCUT2D eigenvalue weighted by atomic mass is 16.5. The van der Waals surface area contributed by atoms with E-state index in [0.29, 0.717) is 12.2 Å². The van der Waals surface area contributed by atoms with E-state index in [2.05, 4.69) is 4.98 Å². The van der Waals surface area contributed by atoms with Gasteiger partial charge in [0.25, 0.3) is 5.56 Å². The maximum Gasteiger partial charge on any atom is 0.330 e. The normalized spacial score (nSPS) is 13.3. The van der Waals surface area contributed by atoms with Crippen molar-refractivity contribution < 1.29 is 9.84 Å². The predicted molar refractivity (Wildman–Crippen MR) is 107 cm³/mol. The molecule has 28 heavy (non-hydrogen) atoms. The molecule has 1 heterocycles. The third kappa shape index (κ3) is 3.83. The molecular formula is C22H24N2O4. The SMILES string of the molecule is Cc1ccccc1C(C)(O)c1c(C)c(=O)[nH]c(=O)n1COCc1ccccc1. The Bertz CT molecular complexity index is 1080. The van der Waals surface area contributed by atoms with Crippen molar-refractivity contribution in [2.24, 2.45) is 0 Å². The fourth-order valence-corrected chi connectivity index (χ4v) is 3.50. The van der Waals surface area contributed by atoms with Crippen molar-refractivity contribution in [2.75, 3.05) is 0 Å². The van der Waals surface area contributed by atoms with Crippen LogP contribution in [0.4, 0.5) is 0 Å². The first-order valence-electron chi connectivity index (χ1n) is 9.06. The Labute approximate surface area is 163 Å². The molecule has 0 radical (unpaired) electrons. The zero-order valence-corrected chi connectivity index (χ0v) is 16.2. The van der Waals surface area contributed by atoms with E-state index in [1.165, 1.54) is 4.57 Å². The van der Waals surface area contributed by atoms with Crippen LogP contribution in [0.25, 0.3) is 0 Å². The number of nitrogens with zero attached hydrogens (tertiary/aromatic N) is 1. The fraction of sp³-hybridized carbons (Fsp3) is 0.273. The Morgan fingerprint density at radius 1 is 1.04 bits per heavy atom. The second-order valence-electron chi connectivity index (χ2n) is 7.01. The van der Waals surface area contributed by atoms with E-state index in [1.54, 1.807) is 19.9 Å². The zero-order chi connectivity index (χ0) is 20.3. The van der Waals surface area contributed by atoms with E-state index >= 15 is 0 Å². The van der Waals surface area contributed by atoms with Crippen LogP contribution in [0, 0.1) is 13.8 Å². The first-order valence-corrected chi connectivity index (χ1v) is 9.06. The van der Waals surface area contributed by atoms with Gasteiger partial charge in [0.15, 0.2) is 0 Å². The summed E-state index contributed by atoms with van der Waals surface area (Å²) in [5.74, 6) is 0. The van der Waals surface area contributed by atoms with Gasteiger partial charge < -0.3 is 9.84 Å². The van der Waals surface area contributed by atoms with E-state index in [9.17, 15) is 14.7 Å². The van der Waals surface area contributed by atoms with Crippen LogP contribution in [0.2, 0.25) is 0 Å². The summed E-state index contributed by atoms with van der Waals surface area (Å²) in [6.07, 6.45) is 0. The van der Waals surface area contributed by atoms with Gasteiger partial charge in [-0.05, 0) is 37.5 Å². The summed E-state index contributed by atoms with van der Waals surface area (Å²) in [6.45, 7) is 5.26. The summed E-state index contributed by atoms with van der Waals surface area (Å²) in [5.41, 5.74) is 0.263. The zero-order valence-electron chi connectivity index (χ0n) is 16.2. The fourth-order valence-electron chi connectivity index (χ4n) is 3.50. The first-order chi connectivity index (χ1) is 13.3. The molecule has 3 rings (SSSR count). The summed E-state index contributed by atoms with van der Waals surface area (Å²) in [6, 6.07) is 16.9. The minimum atomic E-state index is -1.54. The van der Waals surface area contributed by atoms with Gasteiger partial charge in [0.2, 0.25) is 0 Å². The number of hydrogen-bond acceptors (Lipinski definition) is 4. The number of aromatic amines is 1. The maximum atomic E-state index is 12.5. The molecule has 6 nitrogen and oxygen atoms in total. The minimum Gasteiger partial charge on any atom is -0.379 e. The molecule has 0 aliphatic carbocycles. The Morgan fingerprint density at radius 2 is 1.68 bits per heavy atom. The number of benzene rings is 2. The predicted octanol–water partition coefficient (Wildman–Crippen LogP) is 2.58. The summed E-state index contributed by atoms with van der Waals surface area (Å²) in [7, 11) is 0. The lowest BCUT2D eigenvalue weighted by Crippen LogP contribution is -2.41. The molecule has 0 bridgehead atoms. The molecule has 0 aliphatic heterocycles. The number of rotatable bonds is 6. The van der Waals surface area contributed by atoms with Crippen LogP contribution in [0.5, 0.6) is 0 Å². The van der Waals surface area contributed by atoms with E-state index in [0.717, 1.165) is 11.1 Å². The van der Waals surface area contributed by atoms with Crippen molar-refractivity contribution in [3.8, 4) is 0 Å². The Morgan fingerprint density at radius 3 is 2.36 bits per heavy atom. The molecule has 0 amide bonds. The van der Waals surface area contributed by atoms with Crippen LogP contribution in [-0.2, 0) is 23.7 Å². The lowest BCUT2D eigenvalue weighted by atomic mass is 9.87. The Hall–Kier alpha value is -2.96. The summed E-state index contributed by atoms with van der Waals surface area (Å²) in [5, 5.41) is 11.4. The summed E-state index contributed by atoms with van der Waals surface area (Å²) >= 11 is 0. The van der Waals surface area contributed by atoms with Gasteiger partial charge in [-0.3, -0.25) is 14.3 Å². The van der Waals surface area contributed by atoms with Gasteiger partial charge in [-0.25, -0.2) is 4.79 Å². The molecule has 146 valence electrons. The standard InChI is InChI=1S/C22H24N2O4/c1-15-9-7-8-12-18(15)22(3,27)19-16(2)20(25)23-21(26)24(19)14-28-13-17-10-5-4-6-11-17/h4-12,27H,13-14H2,1-3H3,(H,23,25,26). The molecule has 0 saturated carbocycles. The van der Waals surface area contributed by atoms with Crippen LogP contribution >= 0.6 is 0 Å². The van der Waals surface area contributed by atoms with Crippen molar-refractivity contribution in [3.63, 3.8) is 0 Å². The average molecular weight is 380 g/mol. The van der Waals surface area contributed by atoms with Gasteiger partial charge in [0.05, 0.1) is 12.3 Å². The third-order valence-electron chi connectivity index (χ3n) is 4.89. The van der Waals surface area contributed by atoms with Gasteiger partial charge in [-0.15, -0.1) is 0 Å². The number of aryl methyl sites for hydroxylation is 1. The smallest absolute Gasteiger partial charge is 0.330 e. The number of aromatic nitrogens is 2. The number of H-pyrrole nitrogens is 1. The molecule has 6 heteroatoms. The van der Waals surface area contributed by atoms with Crippen LogP contribution in [0.3, 0.4) is 0 Å². The molecule has 2 aromatic carbocycles. The van der Waals surface area contributed by atoms with Gasteiger partial charge >= 0.3 is 5.69 Å². The molecule has 0 saturated heterocycles. The van der Waals surface area contributed by atoms with Gasteiger partial charge in [0, 0.05) is 5.56 Å². The molecule has 2 N–H and O–H groups in total. The Kier molecular flexibility index (Phi) is 5.63. The topological polar surface area (TPSA) is 84.3 Å². The maximum absolute atomic E-state index is 12.5. The van der Waals surface area contributed by atoms with Crippen molar-refractivity contribution in [3.05, 3.63) is 103 Å². The lowest BCUT2D eigenvalue weighted by Gasteiger charge is -2.30. The highest BCUT2D eigenvalue weighted by molar-refractivity contribution is 5.39. The molecule has 1 aromatic heterocycles. The van der Waals surface area contributed by atoms with Gasteiger partial charge in [0.1, 0.15) is 12.3 Å². The summed E-state index contributed by atoms with van der Waals surface area (Å²) < 4.78 is 7.00. The van der Waals surface area contributed by atoms with E-state index in [1.807, 2.05) is 55.5 Å². The van der Waals surface area contributed by atoms with Crippen molar-refractivity contribution in [1.29, 1.82) is 0 Å². The number of ether oxygens (including phenoxy) is 1. The van der Waals surface area contributed by atoms with Crippen LogP contribution in [-0.4, -0.2) is 14.7 Å². The van der Waals surface area contributed by atoms with Crippen LogP contribution < -0.4 is 11.2 Å². The monoisotopic (exact) mass is 380 g/mol. The van der Waals surface area contributed by atoms with Crippen LogP contribution in [0.1, 0.15) is 34.9 Å². The highest BCUT2D eigenvalue weighted by Crippen LogP contribution is 2.31. The third-order valence-corrected chi connectivity index (χ3v) is 4.89. The van der Waals surface area contributed by atoms with Gasteiger partial charge in [-0.2, -0.15) is 0 Å². The van der Waals surface area contributed by atoms with Gasteiger partial charge in [-0.1, -0.05) is 54.6 Å². The molecule has 1 atom stereocenters. The minimum absolute atomic E-state index is 0.0945. The van der Waals surface area contributed by atoms with E-state index in [4.69, 9.17) is 4.74 Å².